The summed E-state index contributed by atoms with van der Waals surface area (Å²) < 4.78 is 0. The normalized spacial score (nSPS) is 14.0. The summed E-state index contributed by atoms with van der Waals surface area (Å²) in [5, 5.41) is 0. The maximum atomic E-state index is 2.42. The van der Waals surface area contributed by atoms with E-state index in [-0.39, 0.29) is 0 Å². The van der Waals surface area contributed by atoms with Crippen LogP contribution in [-0.2, 0) is 0 Å². The molecule has 0 aliphatic heterocycles. The lowest BCUT2D eigenvalue weighted by Crippen LogP contribution is -2.00. The van der Waals surface area contributed by atoms with Gasteiger partial charge in [-0.25, -0.2) is 0 Å². The summed E-state index contributed by atoms with van der Waals surface area (Å²) in [7, 11) is 0. The van der Waals surface area contributed by atoms with Gasteiger partial charge in [0.2, 0.25) is 0 Å². The molecular formula is C22H46. The van der Waals surface area contributed by atoms with Crippen LogP contribution in [0.3, 0.4) is 0 Å². The Morgan fingerprint density at radius 1 is 0.955 bits per heavy atom. The van der Waals surface area contributed by atoms with Crippen LogP contribution in [0.2, 0.25) is 0 Å². The average Bonchev–Trinajstić information content (AvgIpc) is 2.53. The van der Waals surface area contributed by atoms with Gasteiger partial charge in [0.15, 0.2) is 0 Å². The lowest BCUT2D eigenvalue weighted by atomic mass is 9.96. The molecule has 0 radical (unpaired) electrons. The SMILES string of the molecule is C/C=C\C(C)C/C=C(\CC)CCC.CC.CCC(C)C(C)C. The molecule has 22 heavy (non-hydrogen) atoms. The first-order valence-electron chi connectivity index (χ1n) is 9.73. The largest absolute Gasteiger partial charge is 0.0914 e. The molecule has 0 amide bonds. The molecule has 2 atom stereocenters. The van der Waals surface area contributed by atoms with Crippen molar-refractivity contribution in [2.75, 3.05) is 0 Å². The van der Waals surface area contributed by atoms with Gasteiger partial charge in [0.25, 0.3) is 0 Å². The van der Waals surface area contributed by atoms with E-state index >= 15 is 0 Å². The number of allylic oxidation sites excluding steroid dienone is 4. The van der Waals surface area contributed by atoms with Crippen LogP contribution in [0.25, 0.3) is 0 Å². The minimum absolute atomic E-state index is 0.698. The molecule has 0 aliphatic rings. The Labute approximate surface area is 143 Å². The van der Waals surface area contributed by atoms with Crippen LogP contribution in [0.4, 0.5) is 0 Å². The van der Waals surface area contributed by atoms with Crippen molar-refractivity contribution in [2.24, 2.45) is 17.8 Å². The van der Waals surface area contributed by atoms with Crippen LogP contribution >= 0.6 is 0 Å². The maximum absolute atomic E-state index is 2.42. The van der Waals surface area contributed by atoms with Gasteiger partial charge in [-0.05, 0) is 43.9 Å². The van der Waals surface area contributed by atoms with Crippen molar-refractivity contribution in [3.63, 3.8) is 0 Å². The molecule has 0 saturated carbocycles. The zero-order valence-corrected chi connectivity index (χ0v) is 17.5. The molecule has 0 aliphatic carbocycles. The second-order valence-electron chi connectivity index (χ2n) is 6.33. The van der Waals surface area contributed by atoms with Gasteiger partial charge in [0.05, 0.1) is 0 Å². The summed E-state index contributed by atoms with van der Waals surface area (Å²) in [6.45, 7) is 21.9. The molecule has 0 spiro atoms. The van der Waals surface area contributed by atoms with Gasteiger partial charge >= 0.3 is 0 Å². The van der Waals surface area contributed by atoms with Gasteiger partial charge in [-0.1, -0.05) is 99.0 Å². The topological polar surface area (TPSA) is 0 Å². The molecule has 0 fully saturated rings. The third-order valence-corrected chi connectivity index (χ3v) is 4.11. The van der Waals surface area contributed by atoms with Crippen molar-refractivity contribution >= 4 is 0 Å². The maximum Gasteiger partial charge on any atom is -0.0227 e. The van der Waals surface area contributed by atoms with Crippen LogP contribution < -0.4 is 0 Å². The molecular weight excluding hydrogens is 264 g/mol. The highest BCUT2D eigenvalue weighted by Crippen LogP contribution is 2.14. The van der Waals surface area contributed by atoms with Gasteiger partial charge in [-0.2, -0.15) is 0 Å². The van der Waals surface area contributed by atoms with Crippen molar-refractivity contribution in [3.8, 4) is 0 Å². The van der Waals surface area contributed by atoms with Crippen LogP contribution in [-0.4, -0.2) is 0 Å². The van der Waals surface area contributed by atoms with Crippen LogP contribution in [0.1, 0.15) is 101 Å². The van der Waals surface area contributed by atoms with Gasteiger partial charge in [-0.3, -0.25) is 0 Å². The molecule has 0 aromatic rings. The number of hydrogen-bond acceptors (Lipinski definition) is 0. The Balaban J connectivity index is -0.000000339. The summed E-state index contributed by atoms with van der Waals surface area (Å²) in [5.74, 6) is 2.47. The fourth-order valence-corrected chi connectivity index (χ4v) is 1.98. The van der Waals surface area contributed by atoms with Gasteiger partial charge in [0.1, 0.15) is 0 Å². The molecule has 0 rings (SSSR count). The van der Waals surface area contributed by atoms with Crippen LogP contribution in [0.15, 0.2) is 23.8 Å². The first kappa shape index (κ1) is 26.4. The predicted octanol–water partition coefficient (Wildman–Crippen LogP) is 8.44. The monoisotopic (exact) mass is 310 g/mol. The van der Waals surface area contributed by atoms with E-state index in [0.29, 0.717) is 5.92 Å². The molecule has 0 aromatic carbocycles. The van der Waals surface area contributed by atoms with Crippen molar-refractivity contribution in [1.82, 2.24) is 0 Å². The summed E-state index contributed by atoms with van der Waals surface area (Å²) in [6, 6.07) is 0. The zero-order chi connectivity index (χ0) is 18.0. The van der Waals surface area contributed by atoms with Crippen LogP contribution in [0.5, 0.6) is 0 Å². The van der Waals surface area contributed by atoms with Crippen molar-refractivity contribution in [1.29, 1.82) is 0 Å². The van der Waals surface area contributed by atoms with E-state index in [2.05, 4.69) is 73.6 Å². The van der Waals surface area contributed by atoms with Gasteiger partial charge in [0, 0.05) is 0 Å². The van der Waals surface area contributed by atoms with E-state index in [9.17, 15) is 0 Å². The number of hydrogen-bond donors (Lipinski definition) is 0. The fourth-order valence-electron chi connectivity index (χ4n) is 1.98. The third kappa shape index (κ3) is 19.5. The zero-order valence-electron chi connectivity index (χ0n) is 17.5. The Kier molecular flexibility index (Phi) is 24.6. The van der Waals surface area contributed by atoms with E-state index in [4.69, 9.17) is 0 Å². The van der Waals surface area contributed by atoms with E-state index in [1.54, 1.807) is 5.57 Å². The van der Waals surface area contributed by atoms with Gasteiger partial charge < -0.3 is 0 Å². The predicted molar refractivity (Wildman–Crippen MR) is 108 cm³/mol. The van der Waals surface area contributed by atoms with Gasteiger partial charge in [-0.15, -0.1) is 0 Å². The van der Waals surface area contributed by atoms with Crippen LogP contribution in [0, 0.1) is 17.8 Å². The quantitative estimate of drug-likeness (QED) is 0.394. The Bertz CT molecular complexity index is 245. The minimum atomic E-state index is 0.698. The summed E-state index contributed by atoms with van der Waals surface area (Å²) in [6.07, 6.45) is 13.1. The van der Waals surface area contributed by atoms with E-state index in [1.165, 1.54) is 32.1 Å². The molecule has 0 aromatic heterocycles. The first-order chi connectivity index (χ1) is 10.4. The molecule has 2 unspecified atom stereocenters. The molecule has 0 nitrogen and oxygen atoms in total. The summed E-state index contributed by atoms with van der Waals surface area (Å²) in [4.78, 5) is 0. The average molecular weight is 311 g/mol. The highest BCUT2D eigenvalue weighted by Gasteiger charge is 2.01. The number of rotatable bonds is 8. The molecule has 0 heterocycles. The van der Waals surface area contributed by atoms with Crippen molar-refractivity contribution in [3.05, 3.63) is 23.8 Å². The minimum Gasteiger partial charge on any atom is -0.0914 e. The Hall–Kier alpha value is -0.520. The molecule has 0 N–H and O–H groups in total. The standard InChI is InChI=1S/C13H24.C7H16.C2H6/c1-5-8-12(4)10-11-13(7-3)9-6-2;1-5-7(4)6(2)3;1-2/h5,8,11-12H,6-7,9-10H2,1-4H3;6-7H,5H2,1-4H3;1-2H3/b8-5-,13-11+;;. The summed E-state index contributed by atoms with van der Waals surface area (Å²) >= 11 is 0. The fraction of sp³-hybridized carbons (Fsp3) is 0.818. The lowest BCUT2D eigenvalue weighted by molar-refractivity contribution is 0.407. The molecule has 134 valence electrons. The Morgan fingerprint density at radius 2 is 1.50 bits per heavy atom. The highest BCUT2D eigenvalue weighted by molar-refractivity contribution is 5.02. The molecule has 0 saturated heterocycles. The van der Waals surface area contributed by atoms with Crippen molar-refractivity contribution in [2.45, 2.75) is 101 Å². The lowest BCUT2D eigenvalue weighted by Gasteiger charge is -2.10. The molecule has 0 heteroatoms. The van der Waals surface area contributed by atoms with E-state index in [1.807, 2.05) is 13.8 Å². The van der Waals surface area contributed by atoms with Crippen molar-refractivity contribution < 1.29 is 0 Å². The highest BCUT2D eigenvalue weighted by atomic mass is 14.1. The smallest absolute Gasteiger partial charge is 0.0227 e. The Morgan fingerprint density at radius 3 is 1.77 bits per heavy atom. The van der Waals surface area contributed by atoms with E-state index < -0.39 is 0 Å². The summed E-state index contributed by atoms with van der Waals surface area (Å²) in [5.41, 5.74) is 1.62. The second-order valence-corrected chi connectivity index (χ2v) is 6.33. The first-order valence-corrected chi connectivity index (χ1v) is 9.73. The second kappa shape index (κ2) is 20.5. The van der Waals surface area contributed by atoms with E-state index in [0.717, 1.165) is 11.8 Å². The molecule has 0 bridgehead atoms. The third-order valence-electron chi connectivity index (χ3n) is 4.11.